The van der Waals surface area contributed by atoms with Crippen molar-refractivity contribution in [3.63, 3.8) is 0 Å². The molecule has 6 fully saturated rings. The number of carbonyl (C=O) groups is 12. The third-order valence-electron chi connectivity index (χ3n) is 23.2. The molecule has 25 nitrogen and oxygen atoms in total. The highest BCUT2D eigenvalue weighted by Crippen LogP contribution is 2.45. The van der Waals surface area contributed by atoms with E-state index in [4.69, 9.17) is 16.3 Å². The normalized spacial score (nSPS) is 29.5. The van der Waals surface area contributed by atoms with Crippen molar-refractivity contribution >= 4 is 82.5 Å². The van der Waals surface area contributed by atoms with Crippen LogP contribution < -0.4 is 16.0 Å². The number of carbonyl (C=O) groups excluding carboxylic acids is 12. The SMILES string of the molecule is CCCN1C(=O)CN(C)C(=O)CN(C)C(=O)[C@H]([C@@H](C)CC)NC(=O)[C@H](CC(C)C)N(C)C(=O)C[C@@H](C(=O)N(C)CCOC)N(C)C(=O)[C@H](C2CCCC2)N(C)C(=O)C2(CCC2)NC(=O)[C@@H]2CCCN2C(=O)[C@H](CCC2CCC(C(F)(F)F)C(Cl)C2)NC(=O)CN(C)C(=O)[C@@H]1CC1CCC(C(F)(F)F)CC1. The smallest absolute Gasteiger partial charge is 0.383 e. The van der Waals surface area contributed by atoms with Crippen molar-refractivity contribution in [1.29, 1.82) is 0 Å². The van der Waals surface area contributed by atoms with Crippen LogP contribution in [-0.2, 0) is 62.3 Å². The number of alkyl halides is 7. The van der Waals surface area contributed by atoms with Crippen molar-refractivity contribution in [2.24, 2.45) is 41.4 Å². The van der Waals surface area contributed by atoms with Crippen molar-refractivity contribution in [1.82, 2.24) is 60.0 Å². The number of fused-ring (bicyclic) bond motifs is 1. The number of ether oxygens (including phenoxy) is 1. The van der Waals surface area contributed by atoms with Gasteiger partial charge in [0.15, 0.2) is 0 Å². The minimum Gasteiger partial charge on any atom is -0.383 e. The summed E-state index contributed by atoms with van der Waals surface area (Å²) >= 11 is 6.39. The molecule has 11 atom stereocenters. The molecule has 2 aliphatic heterocycles. The van der Waals surface area contributed by atoms with Crippen LogP contribution in [0.25, 0.3) is 0 Å². The molecule has 32 heteroatoms. The number of hydrogen-bond acceptors (Lipinski definition) is 13. The standard InChI is InChI=1S/C73H117ClF6N12O13/c1-14-33-91-56(39-47-23-27-49(28-24-47)72(75,76)77)67(101)86(8)41-57(93)81-52(30-26-46-25-29-50(51(74)38-46)73(78,79)80)65(99)92-34-18-22-53(92)64(98)83-71(31-19-32-71)70(104)90(12)62(48-20-16-17-21-48)69(103)89(11)55(66(100)84(6)35-36-105-13)40-58(94)88(10)54(37-44(3)4)63(97)82-61(45(5)15-2)68(102)87(9)42-59(95)85(7)43-60(91)96/h44-56,61-62H,14-43H2,1-13H3,(H,81,93)(H,82,97)(H,83,98)/t45-,46?,47?,49?,50?,51?,52-,53-,54-,55-,56-,61-,62-/m0/s1. The fraction of sp³-hybridized carbons (Fsp3) is 0.836. The summed E-state index contributed by atoms with van der Waals surface area (Å²) < 4.78 is 89.5. The summed E-state index contributed by atoms with van der Waals surface area (Å²) in [7, 11) is 11.1. The summed E-state index contributed by atoms with van der Waals surface area (Å²) in [6.07, 6.45) is -6.27. The van der Waals surface area contributed by atoms with E-state index in [2.05, 4.69) is 16.0 Å². The van der Waals surface area contributed by atoms with Gasteiger partial charge in [-0.1, -0.05) is 53.9 Å². The van der Waals surface area contributed by atoms with E-state index in [-0.39, 0.29) is 128 Å². The van der Waals surface area contributed by atoms with Crippen LogP contribution >= 0.6 is 11.6 Å². The van der Waals surface area contributed by atoms with E-state index >= 15 is 28.8 Å². The Morgan fingerprint density at radius 1 is 0.657 bits per heavy atom. The molecule has 0 aromatic rings. The minimum atomic E-state index is -4.56. The molecule has 2 heterocycles. The highest BCUT2D eigenvalue weighted by molar-refractivity contribution is 6.21. The first-order valence-electron chi connectivity index (χ1n) is 37.8. The quantitative estimate of drug-likeness (QED) is 0.112. The first kappa shape index (κ1) is 87.4. The van der Waals surface area contributed by atoms with Crippen LogP contribution in [0.4, 0.5) is 26.3 Å². The molecule has 0 bridgehead atoms. The summed E-state index contributed by atoms with van der Waals surface area (Å²) in [6, 6.07) is -9.34. The molecule has 4 aliphatic carbocycles. The zero-order chi connectivity index (χ0) is 78.3. The van der Waals surface area contributed by atoms with Crippen molar-refractivity contribution in [3.05, 3.63) is 0 Å². The average Bonchev–Trinajstić information content (AvgIpc) is 1.69. The van der Waals surface area contributed by atoms with Crippen LogP contribution in [0.1, 0.15) is 182 Å². The molecule has 0 radical (unpaired) electrons. The average molecular weight is 1520 g/mol. The van der Waals surface area contributed by atoms with E-state index in [0.717, 1.165) is 19.6 Å². The third kappa shape index (κ3) is 22.6. The summed E-state index contributed by atoms with van der Waals surface area (Å²) in [6.45, 7) is 6.89. The number of likely N-dealkylation sites (N-methyl/N-ethyl adjacent to an activating group) is 7. The molecule has 0 aromatic carbocycles. The molecule has 3 unspecified atom stereocenters. The van der Waals surface area contributed by atoms with Gasteiger partial charge < -0.3 is 64.8 Å². The third-order valence-corrected chi connectivity index (χ3v) is 23.7. The van der Waals surface area contributed by atoms with E-state index in [1.54, 1.807) is 20.8 Å². The van der Waals surface area contributed by atoms with Crippen LogP contribution in [0.5, 0.6) is 0 Å². The lowest BCUT2D eigenvalue weighted by molar-refractivity contribution is -0.184. The lowest BCUT2D eigenvalue weighted by Gasteiger charge is -2.47. The number of nitrogens with zero attached hydrogens (tertiary/aromatic N) is 9. The number of methoxy groups -OCH3 is 1. The van der Waals surface area contributed by atoms with Crippen molar-refractivity contribution in [2.75, 3.05) is 102 Å². The highest BCUT2D eigenvalue weighted by Gasteiger charge is 2.54. The molecular formula is C73H117ClF6N12O13. The minimum absolute atomic E-state index is 0.000148. The second-order valence-corrected chi connectivity index (χ2v) is 31.8. The lowest BCUT2D eigenvalue weighted by Crippen LogP contribution is -2.68. The van der Waals surface area contributed by atoms with E-state index in [1.807, 2.05) is 13.8 Å². The Morgan fingerprint density at radius 3 is 1.84 bits per heavy atom. The number of hydrogen-bond donors (Lipinski definition) is 3. The van der Waals surface area contributed by atoms with Crippen molar-refractivity contribution in [2.45, 2.75) is 248 Å². The first-order valence-corrected chi connectivity index (χ1v) is 38.2. The zero-order valence-electron chi connectivity index (χ0n) is 63.9. The van der Waals surface area contributed by atoms with Gasteiger partial charge in [0.05, 0.1) is 44.5 Å². The van der Waals surface area contributed by atoms with E-state index in [1.165, 1.54) is 80.9 Å². The van der Waals surface area contributed by atoms with Gasteiger partial charge in [-0.15, -0.1) is 11.6 Å². The van der Waals surface area contributed by atoms with Gasteiger partial charge in [0.25, 0.3) is 0 Å². The fourth-order valence-electron chi connectivity index (χ4n) is 16.2. The van der Waals surface area contributed by atoms with Crippen LogP contribution in [-0.4, -0.2) is 283 Å². The van der Waals surface area contributed by atoms with Crippen LogP contribution in [0, 0.1) is 41.4 Å². The molecule has 2 saturated heterocycles. The summed E-state index contributed by atoms with van der Waals surface area (Å²) in [5.74, 6) is -14.3. The van der Waals surface area contributed by atoms with Crippen LogP contribution in [0.3, 0.4) is 0 Å². The first-order chi connectivity index (χ1) is 49.2. The van der Waals surface area contributed by atoms with Gasteiger partial charge in [0.1, 0.15) is 47.8 Å². The highest BCUT2D eigenvalue weighted by atomic mass is 35.5. The molecule has 3 N–H and O–H groups in total. The molecule has 1 spiro atoms. The maximum atomic E-state index is 15.6. The van der Waals surface area contributed by atoms with Crippen LogP contribution in [0.15, 0.2) is 0 Å². The second kappa shape index (κ2) is 38.5. The Hall–Kier alpha value is -6.53. The van der Waals surface area contributed by atoms with Crippen molar-refractivity contribution in [3.8, 4) is 0 Å². The molecule has 6 rings (SSSR count). The Labute approximate surface area is 620 Å². The number of amides is 12. The van der Waals surface area contributed by atoms with Gasteiger partial charge in [0.2, 0.25) is 70.9 Å². The van der Waals surface area contributed by atoms with Crippen molar-refractivity contribution < 1.29 is 88.6 Å². The summed E-state index contributed by atoms with van der Waals surface area (Å²) in [5, 5.41) is 7.31. The maximum Gasteiger partial charge on any atom is 0.393 e. The maximum absolute atomic E-state index is 15.6. The van der Waals surface area contributed by atoms with Gasteiger partial charge in [-0.05, 0) is 152 Å². The number of rotatable bonds is 16. The van der Waals surface area contributed by atoms with Gasteiger partial charge in [0, 0.05) is 81.5 Å². The zero-order valence-corrected chi connectivity index (χ0v) is 64.6. The molecule has 6 aliphatic rings. The van der Waals surface area contributed by atoms with Gasteiger partial charge in [-0.3, -0.25) is 57.5 Å². The molecule has 12 amide bonds. The summed E-state index contributed by atoms with van der Waals surface area (Å²) in [5.41, 5.74) is -1.59. The predicted octanol–water partition coefficient (Wildman–Crippen LogP) is 6.37. The van der Waals surface area contributed by atoms with E-state index < -0.39 is 198 Å². The van der Waals surface area contributed by atoms with Gasteiger partial charge in [-0.25, -0.2) is 0 Å². The Kier molecular flexibility index (Phi) is 32.1. The fourth-order valence-corrected chi connectivity index (χ4v) is 16.7. The second-order valence-electron chi connectivity index (χ2n) is 31.2. The Bertz CT molecular complexity index is 3040. The molecular weight excluding hydrogens is 1400 g/mol. The molecule has 105 heavy (non-hydrogen) atoms. The topological polar surface area (TPSA) is 279 Å². The predicted molar refractivity (Wildman–Crippen MR) is 379 cm³/mol. The van der Waals surface area contributed by atoms with Gasteiger partial charge in [-0.2, -0.15) is 26.3 Å². The Morgan fingerprint density at radius 2 is 1.28 bits per heavy atom. The van der Waals surface area contributed by atoms with Gasteiger partial charge >= 0.3 is 12.4 Å². The summed E-state index contributed by atoms with van der Waals surface area (Å²) in [4.78, 5) is 190. The molecule has 4 saturated carbocycles. The Balaban J connectivity index is 1.44. The number of nitrogens with one attached hydrogen (secondary N) is 3. The van der Waals surface area contributed by atoms with Crippen LogP contribution in [0.2, 0.25) is 0 Å². The van der Waals surface area contributed by atoms with E-state index in [0.29, 0.717) is 44.9 Å². The monoisotopic (exact) mass is 1520 g/mol. The number of halogens is 7. The molecule has 596 valence electrons. The lowest BCUT2D eigenvalue weighted by atomic mass is 9.74. The largest absolute Gasteiger partial charge is 0.393 e. The molecule has 0 aromatic heterocycles. The van der Waals surface area contributed by atoms with E-state index in [9.17, 15) is 55.1 Å².